The standard InChI is InChI=1S/C15H15BrN2O3/c1-9-4-11(16)8-17-14(9)18-15(19)10-5-12(20-2)7-13(6-10)21-3/h4-8H,1-3H3,(H,17,18,19). The topological polar surface area (TPSA) is 60.5 Å². The van der Waals surface area contributed by atoms with Gasteiger partial charge in [0.15, 0.2) is 0 Å². The summed E-state index contributed by atoms with van der Waals surface area (Å²) in [5.74, 6) is 1.36. The molecule has 0 saturated carbocycles. The Labute approximate surface area is 131 Å². The number of nitrogens with one attached hydrogen (secondary N) is 1. The van der Waals surface area contributed by atoms with Crippen LogP contribution in [0.5, 0.6) is 11.5 Å². The van der Waals surface area contributed by atoms with Gasteiger partial charge in [0.25, 0.3) is 5.91 Å². The highest BCUT2D eigenvalue weighted by Crippen LogP contribution is 2.24. The Kier molecular flexibility index (Phi) is 4.80. The molecule has 0 unspecified atom stereocenters. The molecule has 21 heavy (non-hydrogen) atoms. The van der Waals surface area contributed by atoms with Crippen LogP contribution in [0, 0.1) is 6.92 Å². The number of hydrogen-bond acceptors (Lipinski definition) is 4. The number of carbonyl (C=O) groups is 1. The molecule has 2 rings (SSSR count). The first-order chi connectivity index (χ1) is 10.0. The highest BCUT2D eigenvalue weighted by atomic mass is 79.9. The first-order valence-corrected chi connectivity index (χ1v) is 6.99. The third-order valence-corrected chi connectivity index (χ3v) is 3.32. The van der Waals surface area contributed by atoms with Crippen LogP contribution in [0.25, 0.3) is 0 Å². The highest BCUT2D eigenvalue weighted by molar-refractivity contribution is 9.10. The zero-order valence-corrected chi connectivity index (χ0v) is 13.5. The molecule has 0 aliphatic rings. The molecule has 0 saturated heterocycles. The van der Waals surface area contributed by atoms with Crippen molar-refractivity contribution < 1.29 is 14.3 Å². The van der Waals surface area contributed by atoms with Gasteiger partial charge in [-0.3, -0.25) is 4.79 Å². The molecule has 2 aromatic rings. The first kappa shape index (κ1) is 15.3. The monoisotopic (exact) mass is 350 g/mol. The van der Waals surface area contributed by atoms with Crippen molar-refractivity contribution in [1.82, 2.24) is 4.98 Å². The summed E-state index contributed by atoms with van der Waals surface area (Å²) in [5, 5.41) is 2.77. The number of carbonyl (C=O) groups excluding carboxylic acids is 1. The Hall–Kier alpha value is -2.08. The Morgan fingerprint density at radius 2 is 1.76 bits per heavy atom. The molecule has 1 aromatic heterocycles. The van der Waals surface area contributed by atoms with Crippen molar-refractivity contribution in [3.63, 3.8) is 0 Å². The number of pyridine rings is 1. The number of ether oxygens (including phenoxy) is 2. The molecule has 1 N–H and O–H groups in total. The van der Waals surface area contributed by atoms with E-state index in [1.54, 1.807) is 24.4 Å². The lowest BCUT2D eigenvalue weighted by Gasteiger charge is -2.10. The quantitative estimate of drug-likeness (QED) is 0.917. The molecular formula is C15H15BrN2O3. The van der Waals surface area contributed by atoms with Crippen LogP contribution in [0.4, 0.5) is 5.82 Å². The SMILES string of the molecule is COc1cc(OC)cc(C(=O)Nc2ncc(Br)cc2C)c1. The van der Waals surface area contributed by atoms with Crippen molar-refractivity contribution in [1.29, 1.82) is 0 Å². The maximum Gasteiger partial charge on any atom is 0.257 e. The summed E-state index contributed by atoms with van der Waals surface area (Å²) in [6, 6.07) is 6.88. The molecule has 1 amide bonds. The molecule has 0 aliphatic carbocycles. The number of amides is 1. The zero-order valence-electron chi connectivity index (χ0n) is 11.9. The van der Waals surface area contributed by atoms with Crippen LogP contribution in [0.1, 0.15) is 15.9 Å². The van der Waals surface area contributed by atoms with E-state index in [9.17, 15) is 4.79 Å². The first-order valence-electron chi connectivity index (χ1n) is 6.20. The molecule has 0 atom stereocenters. The molecule has 0 bridgehead atoms. The van der Waals surface area contributed by atoms with Crippen molar-refractivity contribution >= 4 is 27.7 Å². The second-order valence-electron chi connectivity index (χ2n) is 4.37. The van der Waals surface area contributed by atoms with Crippen molar-refractivity contribution in [3.8, 4) is 11.5 Å². The minimum Gasteiger partial charge on any atom is -0.497 e. The van der Waals surface area contributed by atoms with Gasteiger partial charge in [-0.25, -0.2) is 4.98 Å². The van der Waals surface area contributed by atoms with E-state index < -0.39 is 0 Å². The predicted octanol–water partition coefficient (Wildman–Crippen LogP) is 3.42. The molecular weight excluding hydrogens is 336 g/mol. The molecule has 5 nitrogen and oxygen atoms in total. The van der Waals surface area contributed by atoms with Crippen molar-refractivity contribution in [2.24, 2.45) is 0 Å². The average molecular weight is 351 g/mol. The van der Waals surface area contributed by atoms with Gasteiger partial charge in [-0.1, -0.05) is 0 Å². The fourth-order valence-corrected chi connectivity index (χ4v) is 2.24. The van der Waals surface area contributed by atoms with E-state index >= 15 is 0 Å². The third-order valence-electron chi connectivity index (χ3n) is 2.89. The smallest absolute Gasteiger partial charge is 0.257 e. The van der Waals surface area contributed by atoms with Gasteiger partial charge in [-0.05, 0) is 46.6 Å². The number of rotatable bonds is 4. The summed E-state index contributed by atoms with van der Waals surface area (Å²) in [5.41, 5.74) is 1.31. The minimum absolute atomic E-state index is 0.273. The van der Waals surface area contributed by atoms with Gasteiger partial charge in [0.2, 0.25) is 0 Å². The Balaban J connectivity index is 2.27. The molecule has 0 fully saturated rings. The van der Waals surface area contributed by atoms with Crippen molar-refractivity contribution in [2.75, 3.05) is 19.5 Å². The molecule has 110 valence electrons. The Morgan fingerprint density at radius 3 is 2.29 bits per heavy atom. The molecule has 1 aromatic carbocycles. The lowest BCUT2D eigenvalue weighted by Crippen LogP contribution is -2.14. The molecule has 0 aliphatic heterocycles. The van der Waals surface area contributed by atoms with Crippen LogP contribution < -0.4 is 14.8 Å². The second kappa shape index (κ2) is 6.58. The fraction of sp³-hybridized carbons (Fsp3) is 0.200. The summed E-state index contributed by atoms with van der Waals surface area (Å²) >= 11 is 3.34. The number of anilines is 1. The van der Waals surface area contributed by atoms with Gasteiger partial charge in [-0.15, -0.1) is 0 Å². The fourth-order valence-electron chi connectivity index (χ4n) is 1.79. The summed E-state index contributed by atoms with van der Waals surface area (Å²) in [6.07, 6.45) is 1.63. The third kappa shape index (κ3) is 3.72. The van der Waals surface area contributed by atoms with Gasteiger partial charge in [-0.2, -0.15) is 0 Å². The number of nitrogens with zero attached hydrogens (tertiary/aromatic N) is 1. The number of aromatic nitrogens is 1. The number of aryl methyl sites for hydroxylation is 1. The van der Waals surface area contributed by atoms with Gasteiger partial charge >= 0.3 is 0 Å². The van der Waals surface area contributed by atoms with Crippen LogP contribution in [-0.2, 0) is 0 Å². The van der Waals surface area contributed by atoms with Crippen LogP contribution in [0.2, 0.25) is 0 Å². The number of benzene rings is 1. The van der Waals surface area contributed by atoms with E-state index in [4.69, 9.17) is 9.47 Å². The lowest BCUT2D eigenvalue weighted by atomic mass is 10.2. The van der Waals surface area contributed by atoms with Crippen LogP contribution in [-0.4, -0.2) is 25.1 Å². The minimum atomic E-state index is -0.273. The summed E-state index contributed by atoms with van der Waals surface area (Å²) in [7, 11) is 3.08. The van der Waals surface area contributed by atoms with E-state index in [1.165, 1.54) is 14.2 Å². The summed E-state index contributed by atoms with van der Waals surface area (Å²) in [4.78, 5) is 16.5. The van der Waals surface area contributed by atoms with Crippen LogP contribution in [0.3, 0.4) is 0 Å². The van der Waals surface area contributed by atoms with Crippen molar-refractivity contribution in [3.05, 3.63) is 46.1 Å². The van der Waals surface area contributed by atoms with Crippen LogP contribution in [0.15, 0.2) is 34.9 Å². The van der Waals surface area contributed by atoms with E-state index in [-0.39, 0.29) is 5.91 Å². The van der Waals surface area contributed by atoms with Crippen molar-refractivity contribution in [2.45, 2.75) is 6.92 Å². The normalized spacial score (nSPS) is 10.1. The van der Waals surface area contributed by atoms with E-state index in [0.717, 1.165) is 10.0 Å². The predicted molar refractivity (Wildman–Crippen MR) is 84.2 cm³/mol. The molecule has 0 radical (unpaired) electrons. The van der Waals surface area contributed by atoms with Gasteiger partial charge < -0.3 is 14.8 Å². The largest absolute Gasteiger partial charge is 0.497 e. The number of methoxy groups -OCH3 is 2. The molecule has 6 heteroatoms. The highest BCUT2D eigenvalue weighted by Gasteiger charge is 2.12. The number of halogens is 1. The number of hydrogen-bond donors (Lipinski definition) is 1. The van der Waals surface area contributed by atoms with Gasteiger partial charge in [0.05, 0.1) is 14.2 Å². The average Bonchev–Trinajstić information content (AvgIpc) is 2.49. The van der Waals surface area contributed by atoms with E-state index in [2.05, 4.69) is 26.2 Å². The molecule has 1 heterocycles. The molecule has 0 spiro atoms. The maximum absolute atomic E-state index is 12.3. The van der Waals surface area contributed by atoms with Crippen LogP contribution >= 0.6 is 15.9 Å². The summed E-state index contributed by atoms with van der Waals surface area (Å²) < 4.78 is 11.2. The van der Waals surface area contributed by atoms with Gasteiger partial charge in [0.1, 0.15) is 17.3 Å². The Morgan fingerprint density at radius 1 is 1.14 bits per heavy atom. The Bertz CT molecular complexity index is 652. The lowest BCUT2D eigenvalue weighted by molar-refractivity contribution is 0.102. The van der Waals surface area contributed by atoms with E-state index in [0.29, 0.717) is 22.9 Å². The van der Waals surface area contributed by atoms with E-state index in [1.807, 2.05) is 13.0 Å². The second-order valence-corrected chi connectivity index (χ2v) is 5.29. The zero-order chi connectivity index (χ0) is 15.4. The maximum atomic E-state index is 12.3. The van der Waals surface area contributed by atoms with Gasteiger partial charge in [0, 0.05) is 22.3 Å². The summed E-state index contributed by atoms with van der Waals surface area (Å²) in [6.45, 7) is 1.87.